The van der Waals surface area contributed by atoms with Crippen LogP contribution in [0.5, 0.6) is 11.5 Å². The summed E-state index contributed by atoms with van der Waals surface area (Å²) in [5, 5.41) is 10.9. The van der Waals surface area contributed by atoms with Crippen molar-refractivity contribution in [2.75, 3.05) is 14.2 Å². The fourth-order valence-corrected chi connectivity index (χ4v) is 2.37. The van der Waals surface area contributed by atoms with Crippen LogP contribution in [0.4, 0.5) is 0 Å². The quantitative estimate of drug-likeness (QED) is 0.876. The molecule has 4 heteroatoms. The van der Waals surface area contributed by atoms with Crippen LogP contribution >= 0.6 is 11.6 Å². The number of aryl methyl sites for hydroxylation is 1. The van der Waals surface area contributed by atoms with Crippen LogP contribution in [0.3, 0.4) is 0 Å². The number of aliphatic hydroxyl groups excluding tert-OH is 1. The molecule has 0 aliphatic carbocycles. The van der Waals surface area contributed by atoms with Crippen LogP contribution in [-0.4, -0.2) is 19.3 Å². The highest BCUT2D eigenvalue weighted by atomic mass is 35.5. The Kier molecular flexibility index (Phi) is 5.48. The molecule has 0 fully saturated rings. The first-order valence-corrected chi connectivity index (χ1v) is 7.16. The third-order valence-corrected chi connectivity index (χ3v) is 3.66. The Bertz CT molecular complexity index is 581. The molecule has 0 bridgehead atoms. The second kappa shape index (κ2) is 7.34. The second-order valence-electron chi connectivity index (χ2n) is 4.79. The van der Waals surface area contributed by atoms with Crippen LogP contribution in [0.1, 0.15) is 23.7 Å². The Balaban J connectivity index is 2.02. The topological polar surface area (TPSA) is 38.7 Å². The van der Waals surface area contributed by atoms with E-state index in [1.54, 1.807) is 32.4 Å². The minimum Gasteiger partial charge on any atom is -0.497 e. The zero-order chi connectivity index (χ0) is 15.2. The zero-order valence-corrected chi connectivity index (χ0v) is 12.9. The Labute approximate surface area is 130 Å². The van der Waals surface area contributed by atoms with Gasteiger partial charge in [0.15, 0.2) is 0 Å². The normalized spacial score (nSPS) is 12.0. The summed E-state index contributed by atoms with van der Waals surface area (Å²) in [7, 11) is 3.22. The molecule has 112 valence electrons. The molecule has 0 amide bonds. The molecule has 2 aromatic rings. The van der Waals surface area contributed by atoms with Crippen LogP contribution in [0.25, 0.3) is 0 Å². The van der Waals surface area contributed by atoms with Gasteiger partial charge in [-0.15, -0.1) is 0 Å². The van der Waals surface area contributed by atoms with Crippen molar-refractivity contribution < 1.29 is 14.6 Å². The maximum Gasteiger partial charge on any atom is 0.126 e. The molecule has 0 aromatic heterocycles. The van der Waals surface area contributed by atoms with Gasteiger partial charge in [-0.05, 0) is 42.7 Å². The average molecular weight is 307 g/mol. The van der Waals surface area contributed by atoms with Crippen molar-refractivity contribution >= 4 is 11.6 Å². The number of halogens is 1. The Hall–Kier alpha value is -1.71. The van der Waals surface area contributed by atoms with Crippen LogP contribution in [-0.2, 0) is 6.42 Å². The lowest BCUT2D eigenvalue weighted by Gasteiger charge is -2.15. The monoisotopic (exact) mass is 306 g/mol. The molecule has 2 aromatic carbocycles. The first kappa shape index (κ1) is 15.7. The molecule has 1 unspecified atom stereocenters. The predicted molar refractivity (Wildman–Crippen MR) is 84.3 cm³/mol. The number of rotatable bonds is 6. The van der Waals surface area contributed by atoms with E-state index >= 15 is 0 Å². The number of benzene rings is 2. The zero-order valence-electron chi connectivity index (χ0n) is 12.2. The molecule has 3 nitrogen and oxygen atoms in total. The SMILES string of the molecule is COc1ccc(CCC(O)c2ccc(Cl)cc2OC)cc1. The van der Waals surface area contributed by atoms with E-state index in [0.717, 1.165) is 23.3 Å². The largest absolute Gasteiger partial charge is 0.497 e. The molecule has 21 heavy (non-hydrogen) atoms. The summed E-state index contributed by atoms with van der Waals surface area (Å²) in [5.74, 6) is 1.45. The minimum absolute atomic E-state index is 0.584. The van der Waals surface area contributed by atoms with Gasteiger partial charge >= 0.3 is 0 Å². The number of hydrogen-bond acceptors (Lipinski definition) is 3. The molecule has 2 rings (SSSR count). The second-order valence-corrected chi connectivity index (χ2v) is 5.23. The first-order valence-electron chi connectivity index (χ1n) is 6.78. The van der Waals surface area contributed by atoms with Gasteiger partial charge < -0.3 is 14.6 Å². The molecule has 0 spiro atoms. The standard InChI is InChI=1S/C17H19ClO3/c1-20-14-7-3-12(4-8-14)5-10-16(19)15-9-6-13(18)11-17(15)21-2/h3-4,6-9,11,16,19H,5,10H2,1-2H3. The molecular weight excluding hydrogens is 288 g/mol. The van der Waals surface area contributed by atoms with Crippen molar-refractivity contribution in [3.05, 3.63) is 58.6 Å². The van der Waals surface area contributed by atoms with E-state index in [0.29, 0.717) is 17.2 Å². The third kappa shape index (κ3) is 4.13. The van der Waals surface area contributed by atoms with E-state index in [-0.39, 0.29) is 0 Å². The number of methoxy groups -OCH3 is 2. The van der Waals surface area contributed by atoms with Gasteiger partial charge in [0.05, 0.1) is 20.3 Å². The molecule has 1 atom stereocenters. The summed E-state index contributed by atoms with van der Waals surface area (Å²) in [6.07, 6.45) is 0.806. The molecule has 0 radical (unpaired) electrons. The van der Waals surface area contributed by atoms with Gasteiger partial charge in [-0.2, -0.15) is 0 Å². The maximum absolute atomic E-state index is 10.3. The summed E-state index contributed by atoms with van der Waals surface area (Å²) in [5.41, 5.74) is 1.91. The van der Waals surface area contributed by atoms with E-state index in [1.165, 1.54) is 0 Å². The van der Waals surface area contributed by atoms with Crippen molar-refractivity contribution in [3.63, 3.8) is 0 Å². The van der Waals surface area contributed by atoms with E-state index in [9.17, 15) is 5.11 Å². The van der Waals surface area contributed by atoms with Crippen LogP contribution in [0.2, 0.25) is 5.02 Å². The van der Waals surface area contributed by atoms with Gasteiger partial charge in [-0.1, -0.05) is 29.8 Å². The van der Waals surface area contributed by atoms with Gasteiger partial charge in [-0.3, -0.25) is 0 Å². The lowest BCUT2D eigenvalue weighted by molar-refractivity contribution is 0.163. The molecule has 0 aliphatic heterocycles. The molecule has 0 heterocycles. The van der Waals surface area contributed by atoms with E-state index in [2.05, 4.69) is 0 Å². The van der Waals surface area contributed by atoms with E-state index in [4.69, 9.17) is 21.1 Å². The van der Waals surface area contributed by atoms with Crippen molar-refractivity contribution in [1.29, 1.82) is 0 Å². The lowest BCUT2D eigenvalue weighted by atomic mass is 10.0. The fraction of sp³-hybridized carbons (Fsp3) is 0.294. The third-order valence-electron chi connectivity index (χ3n) is 3.42. The van der Waals surface area contributed by atoms with Gasteiger partial charge in [0.2, 0.25) is 0 Å². The summed E-state index contributed by atoms with van der Waals surface area (Å²) >= 11 is 5.93. The van der Waals surface area contributed by atoms with Crippen LogP contribution < -0.4 is 9.47 Å². The fourth-order valence-electron chi connectivity index (χ4n) is 2.21. The molecule has 1 N–H and O–H groups in total. The summed E-state index contributed by atoms with van der Waals surface area (Å²) < 4.78 is 10.4. The lowest BCUT2D eigenvalue weighted by Crippen LogP contribution is -2.02. The number of ether oxygens (including phenoxy) is 2. The van der Waals surface area contributed by atoms with E-state index < -0.39 is 6.10 Å². The summed E-state index contributed by atoms with van der Waals surface area (Å²) in [4.78, 5) is 0. The minimum atomic E-state index is -0.584. The molecule has 0 aliphatic rings. The van der Waals surface area contributed by atoms with Crippen molar-refractivity contribution in [2.45, 2.75) is 18.9 Å². The highest BCUT2D eigenvalue weighted by molar-refractivity contribution is 6.30. The maximum atomic E-state index is 10.3. The van der Waals surface area contributed by atoms with Gasteiger partial charge in [0.1, 0.15) is 11.5 Å². The summed E-state index contributed by atoms with van der Waals surface area (Å²) in [6, 6.07) is 13.1. The Morgan fingerprint density at radius 2 is 1.76 bits per heavy atom. The number of aliphatic hydroxyl groups is 1. The highest BCUT2D eigenvalue weighted by Crippen LogP contribution is 2.30. The van der Waals surface area contributed by atoms with Crippen molar-refractivity contribution in [1.82, 2.24) is 0 Å². The molecule has 0 saturated heterocycles. The van der Waals surface area contributed by atoms with Crippen LogP contribution in [0, 0.1) is 0 Å². The van der Waals surface area contributed by atoms with Gasteiger partial charge in [0.25, 0.3) is 0 Å². The highest BCUT2D eigenvalue weighted by Gasteiger charge is 2.13. The molecular formula is C17H19ClO3. The number of hydrogen-bond donors (Lipinski definition) is 1. The van der Waals surface area contributed by atoms with Crippen molar-refractivity contribution in [2.24, 2.45) is 0 Å². The summed E-state index contributed by atoms with van der Waals surface area (Å²) in [6.45, 7) is 0. The Morgan fingerprint density at radius 3 is 2.38 bits per heavy atom. The van der Waals surface area contributed by atoms with Crippen LogP contribution in [0.15, 0.2) is 42.5 Å². The average Bonchev–Trinajstić information content (AvgIpc) is 2.52. The van der Waals surface area contributed by atoms with Gasteiger partial charge in [0, 0.05) is 10.6 Å². The van der Waals surface area contributed by atoms with E-state index in [1.807, 2.05) is 24.3 Å². The Morgan fingerprint density at radius 1 is 1.05 bits per heavy atom. The predicted octanol–water partition coefficient (Wildman–Crippen LogP) is 4.02. The van der Waals surface area contributed by atoms with Crippen molar-refractivity contribution in [3.8, 4) is 11.5 Å². The first-order chi connectivity index (χ1) is 10.1. The van der Waals surface area contributed by atoms with Gasteiger partial charge in [-0.25, -0.2) is 0 Å². The smallest absolute Gasteiger partial charge is 0.126 e. The molecule has 0 saturated carbocycles.